The molecule has 0 aliphatic carbocycles. The lowest BCUT2D eigenvalue weighted by molar-refractivity contribution is -0.120. The molecule has 0 spiro atoms. The molecular weight excluding hydrogens is 408 g/mol. The van der Waals surface area contributed by atoms with Crippen LogP contribution in [0.3, 0.4) is 0 Å². The molecule has 1 N–H and O–H groups in total. The lowest BCUT2D eigenvalue weighted by atomic mass is 10.0. The largest absolute Gasteiger partial charge is 0.350 e. The number of aryl methyl sites for hydroxylation is 3. The fourth-order valence-corrected chi connectivity index (χ4v) is 4.05. The molecule has 0 unspecified atom stereocenters. The number of nitrogens with zero attached hydrogens (tertiary/aromatic N) is 1. The van der Waals surface area contributed by atoms with Crippen LogP contribution in [-0.4, -0.2) is 11.8 Å². The summed E-state index contributed by atoms with van der Waals surface area (Å²) in [5.41, 5.74) is 6.46. The fourth-order valence-electron chi connectivity index (χ4n) is 3.88. The Labute approximate surface area is 187 Å². The first-order chi connectivity index (χ1) is 14.8. The Morgan fingerprint density at radius 1 is 0.774 bits per heavy atom. The van der Waals surface area contributed by atoms with Crippen molar-refractivity contribution in [2.24, 2.45) is 0 Å². The molecule has 4 nitrogen and oxygen atoms in total. The zero-order chi connectivity index (χ0) is 22.3. The lowest BCUT2D eigenvalue weighted by Gasteiger charge is -2.18. The summed E-state index contributed by atoms with van der Waals surface area (Å²) in [5, 5.41) is 3.74. The maximum atomic E-state index is 13.6. The van der Waals surface area contributed by atoms with Crippen molar-refractivity contribution in [3.05, 3.63) is 99.2 Å². The molecule has 1 aliphatic heterocycles. The number of anilines is 2. The molecule has 1 aliphatic rings. The summed E-state index contributed by atoms with van der Waals surface area (Å²) in [7, 11) is 0. The monoisotopic (exact) mass is 430 g/mol. The highest BCUT2D eigenvalue weighted by Crippen LogP contribution is 2.36. The minimum absolute atomic E-state index is 0.262. The number of halogens is 1. The first-order valence-corrected chi connectivity index (χ1v) is 10.4. The SMILES string of the molecule is Cc1ccc(C2=C(Nc3cc(C)cc(C)c3)C(=O)N(c3cccc(Cl)c3C)C2=O)cc1. The van der Waals surface area contributed by atoms with E-state index in [0.29, 0.717) is 27.4 Å². The third kappa shape index (κ3) is 3.87. The zero-order valence-corrected chi connectivity index (χ0v) is 18.7. The second-order valence-corrected chi connectivity index (χ2v) is 8.35. The molecule has 3 aromatic carbocycles. The number of hydrogen-bond donors (Lipinski definition) is 1. The zero-order valence-electron chi connectivity index (χ0n) is 17.9. The maximum absolute atomic E-state index is 13.6. The van der Waals surface area contributed by atoms with Crippen LogP contribution >= 0.6 is 11.6 Å². The van der Waals surface area contributed by atoms with Crippen LogP contribution in [-0.2, 0) is 9.59 Å². The molecule has 3 aromatic rings. The van der Waals surface area contributed by atoms with Crippen LogP contribution in [0.4, 0.5) is 11.4 Å². The van der Waals surface area contributed by atoms with Crippen LogP contribution in [0.25, 0.3) is 5.57 Å². The van der Waals surface area contributed by atoms with E-state index >= 15 is 0 Å². The van der Waals surface area contributed by atoms with Gasteiger partial charge in [-0.3, -0.25) is 9.59 Å². The molecule has 31 heavy (non-hydrogen) atoms. The summed E-state index contributed by atoms with van der Waals surface area (Å²) in [5.74, 6) is -0.767. The van der Waals surface area contributed by atoms with Gasteiger partial charge in [-0.15, -0.1) is 0 Å². The fraction of sp³-hybridized carbons (Fsp3) is 0.154. The summed E-state index contributed by atoms with van der Waals surface area (Å²) in [6.45, 7) is 7.78. The molecule has 0 radical (unpaired) electrons. The Bertz CT molecular complexity index is 1220. The second kappa shape index (κ2) is 8.05. The molecule has 2 amide bonds. The standard InChI is InChI=1S/C26H23ClN2O2/c1-15-8-10-19(11-9-15)23-24(28-20-13-16(2)12-17(3)14-20)26(31)29(25(23)30)22-7-5-6-21(27)18(22)4/h5-14,28H,1-4H3. The number of benzene rings is 3. The summed E-state index contributed by atoms with van der Waals surface area (Å²) in [4.78, 5) is 28.3. The van der Waals surface area contributed by atoms with Gasteiger partial charge in [0.05, 0.1) is 11.3 Å². The molecule has 0 aromatic heterocycles. The van der Waals surface area contributed by atoms with Crippen molar-refractivity contribution in [2.45, 2.75) is 27.7 Å². The number of nitrogens with one attached hydrogen (secondary N) is 1. The van der Waals surface area contributed by atoms with Gasteiger partial charge in [0.25, 0.3) is 11.8 Å². The van der Waals surface area contributed by atoms with E-state index < -0.39 is 5.91 Å². The molecule has 0 fully saturated rings. The van der Waals surface area contributed by atoms with E-state index in [0.717, 1.165) is 22.4 Å². The van der Waals surface area contributed by atoms with Gasteiger partial charge < -0.3 is 5.32 Å². The molecule has 0 atom stereocenters. The maximum Gasteiger partial charge on any atom is 0.282 e. The van der Waals surface area contributed by atoms with Crippen molar-refractivity contribution >= 4 is 40.4 Å². The third-order valence-corrected chi connectivity index (χ3v) is 5.80. The number of amides is 2. The predicted molar refractivity (Wildman–Crippen MR) is 126 cm³/mol. The first kappa shape index (κ1) is 20.9. The van der Waals surface area contributed by atoms with E-state index in [9.17, 15) is 9.59 Å². The third-order valence-electron chi connectivity index (χ3n) is 5.40. The van der Waals surface area contributed by atoms with E-state index in [2.05, 4.69) is 11.4 Å². The van der Waals surface area contributed by atoms with Crippen molar-refractivity contribution in [1.82, 2.24) is 0 Å². The van der Waals surface area contributed by atoms with Gasteiger partial charge >= 0.3 is 0 Å². The molecule has 1 heterocycles. The van der Waals surface area contributed by atoms with Crippen molar-refractivity contribution < 1.29 is 9.59 Å². The number of carbonyl (C=O) groups excluding carboxylic acids is 2. The molecule has 156 valence electrons. The number of hydrogen-bond acceptors (Lipinski definition) is 3. The lowest BCUT2D eigenvalue weighted by Crippen LogP contribution is -2.33. The van der Waals surface area contributed by atoms with Gasteiger partial charge in [-0.2, -0.15) is 0 Å². The van der Waals surface area contributed by atoms with Gasteiger partial charge in [0.1, 0.15) is 5.70 Å². The summed E-state index contributed by atoms with van der Waals surface area (Å²) < 4.78 is 0. The highest BCUT2D eigenvalue weighted by atomic mass is 35.5. The molecule has 5 heteroatoms. The van der Waals surface area contributed by atoms with Gasteiger partial charge in [-0.1, -0.05) is 53.6 Å². The molecular formula is C26H23ClN2O2. The van der Waals surface area contributed by atoms with Gasteiger partial charge in [0.15, 0.2) is 0 Å². The Balaban J connectivity index is 1.86. The number of imide groups is 1. The quantitative estimate of drug-likeness (QED) is 0.518. The van der Waals surface area contributed by atoms with Crippen LogP contribution in [0.15, 0.2) is 66.4 Å². The second-order valence-electron chi connectivity index (χ2n) is 7.95. The Hall–Kier alpha value is -3.37. The molecule has 4 rings (SSSR count). The average Bonchev–Trinajstić information content (AvgIpc) is 2.94. The summed E-state index contributed by atoms with van der Waals surface area (Å²) >= 11 is 6.28. The molecule has 0 saturated carbocycles. The number of rotatable bonds is 4. The van der Waals surface area contributed by atoms with E-state index in [1.807, 2.05) is 57.2 Å². The van der Waals surface area contributed by atoms with E-state index in [1.54, 1.807) is 25.1 Å². The van der Waals surface area contributed by atoms with E-state index in [4.69, 9.17) is 11.6 Å². The van der Waals surface area contributed by atoms with Gasteiger partial charge in [-0.25, -0.2) is 4.90 Å². The van der Waals surface area contributed by atoms with E-state index in [-0.39, 0.29) is 11.6 Å². The molecule has 0 bridgehead atoms. The van der Waals surface area contributed by atoms with Crippen molar-refractivity contribution in [1.29, 1.82) is 0 Å². The van der Waals surface area contributed by atoms with Crippen molar-refractivity contribution in [3.8, 4) is 0 Å². The topological polar surface area (TPSA) is 49.4 Å². The summed E-state index contributed by atoms with van der Waals surface area (Å²) in [6, 6.07) is 18.8. The Morgan fingerprint density at radius 2 is 1.42 bits per heavy atom. The van der Waals surface area contributed by atoms with E-state index in [1.165, 1.54) is 4.90 Å². The van der Waals surface area contributed by atoms with Crippen molar-refractivity contribution in [2.75, 3.05) is 10.2 Å². The minimum Gasteiger partial charge on any atom is -0.350 e. The minimum atomic E-state index is -0.398. The van der Waals surface area contributed by atoms with Crippen LogP contribution in [0.1, 0.15) is 27.8 Å². The highest BCUT2D eigenvalue weighted by Gasteiger charge is 2.41. The number of carbonyl (C=O) groups is 2. The van der Waals surface area contributed by atoms with Crippen LogP contribution < -0.4 is 10.2 Å². The van der Waals surface area contributed by atoms with Gasteiger partial charge in [0.2, 0.25) is 0 Å². The highest BCUT2D eigenvalue weighted by molar-refractivity contribution is 6.46. The van der Waals surface area contributed by atoms with Crippen LogP contribution in [0.5, 0.6) is 0 Å². The predicted octanol–water partition coefficient (Wildman–Crippen LogP) is 5.97. The average molecular weight is 431 g/mol. The Morgan fingerprint density at radius 3 is 2.06 bits per heavy atom. The molecule has 0 saturated heterocycles. The van der Waals surface area contributed by atoms with Crippen molar-refractivity contribution in [3.63, 3.8) is 0 Å². The first-order valence-electron chi connectivity index (χ1n) is 10.1. The normalized spacial score (nSPS) is 13.9. The van der Waals surface area contributed by atoms with Gasteiger partial charge in [-0.05, 0) is 74.2 Å². The van der Waals surface area contributed by atoms with Crippen LogP contribution in [0.2, 0.25) is 5.02 Å². The smallest absolute Gasteiger partial charge is 0.282 e. The van der Waals surface area contributed by atoms with Gasteiger partial charge in [0, 0.05) is 10.7 Å². The summed E-state index contributed by atoms with van der Waals surface area (Å²) in [6.07, 6.45) is 0. The Kier molecular flexibility index (Phi) is 5.42. The van der Waals surface area contributed by atoms with Crippen LogP contribution in [0, 0.1) is 27.7 Å².